The third-order valence-electron chi connectivity index (χ3n) is 3.99. The van der Waals surface area contributed by atoms with Gasteiger partial charge in [-0.2, -0.15) is 5.10 Å². The average molecular weight is 350 g/mol. The van der Waals surface area contributed by atoms with Crippen LogP contribution in [-0.4, -0.2) is 24.7 Å². The van der Waals surface area contributed by atoms with Crippen molar-refractivity contribution in [3.05, 3.63) is 47.3 Å². The molecule has 0 amide bonds. The minimum Gasteiger partial charge on any atom is -0.270 e. The van der Waals surface area contributed by atoms with Crippen LogP contribution >= 0.6 is 0 Å². The van der Waals surface area contributed by atoms with Crippen LogP contribution in [0, 0.1) is 13.8 Å². The van der Waals surface area contributed by atoms with E-state index in [0.29, 0.717) is 24.4 Å². The van der Waals surface area contributed by atoms with E-state index in [2.05, 4.69) is 16.7 Å². The van der Waals surface area contributed by atoms with Crippen molar-refractivity contribution < 1.29 is 8.42 Å². The fourth-order valence-corrected chi connectivity index (χ4v) is 3.71. The van der Waals surface area contributed by atoms with Crippen molar-refractivity contribution in [1.82, 2.24) is 14.5 Å². The zero-order valence-corrected chi connectivity index (χ0v) is 15.6. The Hall–Kier alpha value is -1.66. The number of nitrogens with one attached hydrogen (secondary N) is 1. The fourth-order valence-electron chi connectivity index (χ4n) is 2.64. The standard InChI is InChI=1S/C18H27N3O2S/c1-4-5-7-17-8-10-18(11-9-17)24(22,23)19-12-6-13-21-16(3)14-15(2)20-21/h8-11,14,19H,4-7,12-13H2,1-3H3. The molecule has 132 valence electrons. The Balaban J connectivity index is 1.85. The van der Waals surface area contributed by atoms with Gasteiger partial charge in [0.1, 0.15) is 0 Å². The molecular formula is C18H27N3O2S. The van der Waals surface area contributed by atoms with E-state index < -0.39 is 10.0 Å². The summed E-state index contributed by atoms with van der Waals surface area (Å²) in [6.45, 7) is 7.21. The normalized spacial score (nSPS) is 11.8. The zero-order valence-electron chi connectivity index (χ0n) is 14.7. The van der Waals surface area contributed by atoms with Crippen molar-refractivity contribution in [2.45, 2.75) is 57.9 Å². The lowest BCUT2D eigenvalue weighted by Gasteiger charge is -2.08. The van der Waals surface area contributed by atoms with Crippen LogP contribution in [0.4, 0.5) is 0 Å². The van der Waals surface area contributed by atoms with Gasteiger partial charge in [-0.25, -0.2) is 13.1 Å². The Bertz CT molecular complexity index is 749. The Morgan fingerprint density at radius 3 is 2.42 bits per heavy atom. The number of aryl methyl sites for hydroxylation is 4. The van der Waals surface area contributed by atoms with Gasteiger partial charge in [-0.3, -0.25) is 4.68 Å². The average Bonchev–Trinajstić information content (AvgIpc) is 2.87. The smallest absolute Gasteiger partial charge is 0.240 e. The predicted octanol–water partition coefficient (Wildman–Crippen LogP) is 3.21. The van der Waals surface area contributed by atoms with Crippen molar-refractivity contribution >= 4 is 10.0 Å². The largest absolute Gasteiger partial charge is 0.270 e. The van der Waals surface area contributed by atoms with Gasteiger partial charge >= 0.3 is 0 Å². The molecule has 1 N–H and O–H groups in total. The fraction of sp³-hybridized carbons (Fsp3) is 0.500. The first-order chi connectivity index (χ1) is 11.4. The van der Waals surface area contributed by atoms with E-state index in [9.17, 15) is 8.42 Å². The topological polar surface area (TPSA) is 64.0 Å². The molecule has 0 fully saturated rings. The highest BCUT2D eigenvalue weighted by Crippen LogP contribution is 2.12. The second-order valence-electron chi connectivity index (χ2n) is 6.15. The summed E-state index contributed by atoms with van der Waals surface area (Å²) in [5, 5.41) is 4.38. The Morgan fingerprint density at radius 1 is 1.12 bits per heavy atom. The molecule has 6 heteroatoms. The Labute approximate surface area is 145 Å². The van der Waals surface area contributed by atoms with Crippen molar-refractivity contribution in [3.63, 3.8) is 0 Å². The molecule has 0 bridgehead atoms. The first kappa shape index (κ1) is 18.7. The summed E-state index contributed by atoms with van der Waals surface area (Å²) in [7, 11) is -3.44. The van der Waals surface area contributed by atoms with Crippen LogP contribution in [0.15, 0.2) is 35.2 Å². The van der Waals surface area contributed by atoms with E-state index in [1.807, 2.05) is 36.7 Å². The molecule has 1 aromatic carbocycles. The summed E-state index contributed by atoms with van der Waals surface area (Å²) in [6, 6.07) is 9.20. The summed E-state index contributed by atoms with van der Waals surface area (Å²) in [5.74, 6) is 0. The van der Waals surface area contributed by atoms with Gasteiger partial charge in [0.2, 0.25) is 10.0 Å². The molecule has 2 aromatic rings. The molecular weight excluding hydrogens is 322 g/mol. The summed E-state index contributed by atoms with van der Waals surface area (Å²) in [5.41, 5.74) is 3.26. The van der Waals surface area contributed by atoms with Crippen LogP contribution in [0.5, 0.6) is 0 Å². The van der Waals surface area contributed by atoms with Crippen molar-refractivity contribution in [2.24, 2.45) is 0 Å². The third kappa shape index (κ3) is 5.18. The lowest BCUT2D eigenvalue weighted by molar-refractivity contribution is 0.544. The van der Waals surface area contributed by atoms with E-state index in [1.165, 1.54) is 5.56 Å². The summed E-state index contributed by atoms with van der Waals surface area (Å²) in [6.07, 6.45) is 3.95. The summed E-state index contributed by atoms with van der Waals surface area (Å²) >= 11 is 0. The number of unbranched alkanes of at least 4 members (excludes halogenated alkanes) is 1. The minimum absolute atomic E-state index is 0.328. The van der Waals surface area contributed by atoms with Gasteiger partial charge in [-0.05, 0) is 56.9 Å². The van der Waals surface area contributed by atoms with E-state index in [4.69, 9.17) is 0 Å². The number of hydrogen-bond acceptors (Lipinski definition) is 3. The molecule has 24 heavy (non-hydrogen) atoms. The minimum atomic E-state index is -3.44. The molecule has 0 atom stereocenters. The maximum absolute atomic E-state index is 12.3. The highest BCUT2D eigenvalue weighted by molar-refractivity contribution is 7.89. The number of nitrogens with zero attached hydrogens (tertiary/aromatic N) is 2. The van der Waals surface area contributed by atoms with Gasteiger partial charge in [0.25, 0.3) is 0 Å². The quantitative estimate of drug-likeness (QED) is 0.707. The van der Waals surface area contributed by atoms with Crippen LogP contribution in [-0.2, 0) is 23.0 Å². The van der Waals surface area contributed by atoms with Crippen LogP contribution < -0.4 is 4.72 Å². The molecule has 1 aromatic heterocycles. The highest BCUT2D eigenvalue weighted by Gasteiger charge is 2.13. The lowest BCUT2D eigenvalue weighted by atomic mass is 10.1. The van der Waals surface area contributed by atoms with E-state index >= 15 is 0 Å². The van der Waals surface area contributed by atoms with Crippen molar-refractivity contribution in [3.8, 4) is 0 Å². The monoisotopic (exact) mass is 349 g/mol. The number of hydrogen-bond donors (Lipinski definition) is 1. The SMILES string of the molecule is CCCCc1ccc(S(=O)(=O)NCCCn2nc(C)cc2C)cc1. The maximum atomic E-state index is 12.3. The van der Waals surface area contributed by atoms with Gasteiger partial charge in [0.15, 0.2) is 0 Å². The predicted molar refractivity (Wildman–Crippen MR) is 96.6 cm³/mol. The third-order valence-corrected chi connectivity index (χ3v) is 5.47. The van der Waals surface area contributed by atoms with E-state index in [0.717, 1.165) is 30.7 Å². The molecule has 0 saturated carbocycles. The Kier molecular flexibility index (Phi) is 6.57. The zero-order chi connectivity index (χ0) is 17.6. The van der Waals surface area contributed by atoms with Crippen LogP contribution in [0.3, 0.4) is 0 Å². The van der Waals surface area contributed by atoms with Gasteiger partial charge in [0, 0.05) is 18.8 Å². The Morgan fingerprint density at radius 2 is 1.83 bits per heavy atom. The van der Waals surface area contributed by atoms with Gasteiger partial charge in [0.05, 0.1) is 10.6 Å². The van der Waals surface area contributed by atoms with Crippen LogP contribution in [0.25, 0.3) is 0 Å². The second-order valence-corrected chi connectivity index (χ2v) is 7.92. The van der Waals surface area contributed by atoms with Gasteiger partial charge < -0.3 is 0 Å². The summed E-state index contributed by atoms with van der Waals surface area (Å²) < 4.78 is 29.2. The summed E-state index contributed by atoms with van der Waals surface area (Å²) in [4.78, 5) is 0.328. The number of sulfonamides is 1. The molecule has 2 rings (SSSR count). The molecule has 0 spiro atoms. The van der Waals surface area contributed by atoms with Gasteiger partial charge in [-0.1, -0.05) is 25.5 Å². The highest BCUT2D eigenvalue weighted by atomic mass is 32.2. The molecule has 0 aliphatic carbocycles. The van der Waals surface area contributed by atoms with E-state index in [1.54, 1.807) is 12.1 Å². The van der Waals surface area contributed by atoms with Crippen molar-refractivity contribution in [2.75, 3.05) is 6.54 Å². The number of rotatable bonds is 9. The second kappa shape index (κ2) is 8.44. The van der Waals surface area contributed by atoms with E-state index in [-0.39, 0.29) is 0 Å². The molecule has 0 unspecified atom stereocenters. The van der Waals surface area contributed by atoms with Crippen LogP contribution in [0.1, 0.15) is 43.1 Å². The van der Waals surface area contributed by atoms with Crippen molar-refractivity contribution in [1.29, 1.82) is 0 Å². The lowest BCUT2D eigenvalue weighted by Crippen LogP contribution is -2.25. The van der Waals surface area contributed by atoms with Gasteiger partial charge in [-0.15, -0.1) is 0 Å². The number of benzene rings is 1. The molecule has 5 nitrogen and oxygen atoms in total. The molecule has 0 saturated heterocycles. The molecule has 0 aliphatic rings. The number of aromatic nitrogens is 2. The maximum Gasteiger partial charge on any atom is 0.240 e. The first-order valence-electron chi connectivity index (χ1n) is 8.52. The molecule has 0 radical (unpaired) electrons. The molecule has 0 aliphatic heterocycles. The molecule has 1 heterocycles. The van der Waals surface area contributed by atoms with Crippen LogP contribution in [0.2, 0.25) is 0 Å². The first-order valence-corrected chi connectivity index (χ1v) is 10.0.